The highest BCUT2D eigenvalue weighted by Gasteiger charge is 2.17. The normalized spacial score (nSPS) is 26.7. The van der Waals surface area contributed by atoms with Crippen LogP contribution in [0.3, 0.4) is 0 Å². The summed E-state index contributed by atoms with van der Waals surface area (Å²) in [7, 11) is -0.550. The molecule has 1 aliphatic heterocycles. The van der Waals surface area contributed by atoms with Crippen molar-refractivity contribution >= 4 is 38.1 Å². The smallest absolute Gasteiger partial charge is 0.0701 e. The molecule has 2 nitrogen and oxygen atoms in total. The van der Waals surface area contributed by atoms with Crippen molar-refractivity contribution < 1.29 is 4.21 Å². The molecule has 0 bridgehead atoms. The van der Waals surface area contributed by atoms with Crippen molar-refractivity contribution in [2.45, 2.75) is 25.4 Å². The van der Waals surface area contributed by atoms with Gasteiger partial charge in [-0.05, 0) is 40.9 Å². The van der Waals surface area contributed by atoms with E-state index in [1.54, 1.807) is 11.3 Å². The van der Waals surface area contributed by atoms with Crippen LogP contribution in [0.25, 0.3) is 0 Å². The molecular formula is C10H14BrNOS2. The van der Waals surface area contributed by atoms with Gasteiger partial charge >= 0.3 is 0 Å². The molecular weight excluding hydrogens is 294 g/mol. The molecule has 1 aliphatic rings. The third-order valence-electron chi connectivity index (χ3n) is 2.58. The Labute approximate surface area is 105 Å². The summed E-state index contributed by atoms with van der Waals surface area (Å²) in [6, 6.07) is 4.78. The molecule has 0 radical (unpaired) electrons. The number of halogens is 1. The summed E-state index contributed by atoms with van der Waals surface area (Å²) in [5.41, 5.74) is 0. The van der Waals surface area contributed by atoms with Gasteiger partial charge in [-0.25, -0.2) is 0 Å². The average Bonchev–Trinajstić information content (AvgIpc) is 2.64. The summed E-state index contributed by atoms with van der Waals surface area (Å²) in [6.07, 6.45) is 2.11. The maximum Gasteiger partial charge on any atom is 0.0701 e. The molecule has 84 valence electrons. The Morgan fingerprint density at radius 3 is 2.80 bits per heavy atom. The van der Waals surface area contributed by atoms with Crippen LogP contribution in [0.15, 0.2) is 15.9 Å². The first-order chi connectivity index (χ1) is 7.24. The van der Waals surface area contributed by atoms with Gasteiger partial charge in [-0.15, -0.1) is 11.3 Å². The second-order valence-corrected chi connectivity index (χ2v) is 7.95. The number of nitrogens with one attached hydrogen (secondary N) is 1. The van der Waals surface area contributed by atoms with Crippen molar-refractivity contribution in [1.82, 2.24) is 5.32 Å². The molecule has 1 aromatic heterocycles. The summed E-state index contributed by atoms with van der Waals surface area (Å²) in [6.45, 7) is 0.938. The Morgan fingerprint density at radius 2 is 2.20 bits per heavy atom. The van der Waals surface area contributed by atoms with Crippen molar-refractivity contribution in [2.75, 3.05) is 11.5 Å². The highest BCUT2D eigenvalue weighted by Crippen LogP contribution is 2.22. The van der Waals surface area contributed by atoms with E-state index in [9.17, 15) is 4.21 Å². The van der Waals surface area contributed by atoms with Crippen molar-refractivity contribution in [2.24, 2.45) is 0 Å². The number of hydrogen-bond acceptors (Lipinski definition) is 3. The van der Waals surface area contributed by atoms with E-state index in [4.69, 9.17) is 0 Å². The summed E-state index contributed by atoms with van der Waals surface area (Å²) < 4.78 is 12.3. The van der Waals surface area contributed by atoms with Gasteiger partial charge in [0.2, 0.25) is 0 Å². The maximum atomic E-state index is 11.2. The van der Waals surface area contributed by atoms with Gasteiger partial charge in [0.05, 0.1) is 3.79 Å². The topological polar surface area (TPSA) is 29.1 Å². The molecule has 2 heterocycles. The number of rotatable bonds is 3. The quantitative estimate of drug-likeness (QED) is 0.929. The average molecular weight is 308 g/mol. The minimum Gasteiger partial charge on any atom is -0.309 e. The lowest BCUT2D eigenvalue weighted by Gasteiger charge is -2.22. The van der Waals surface area contributed by atoms with Gasteiger partial charge in [0.25, 0.3) is 0 Å². The van der Waals surface area contributed by atoms with Crippen molar-refractivity contribution in [3.8, 4) is 0 Å². The second-order valence-electron chi connectivity index (χ2n) is 3.71. The molecule has 1 saturated heterocycles. The molecule has 1 N–H and O–H groups in total. The summed E-state index contributed by atoms with van der Waals surface area (Å²) in [5, 5.41) is 3.53. The zero-order valence-corrected chi connectivity index (χ0v) is 11.6. The van der Waals surface area contributed by atoms with Crippen LogP contribution in [-0.2, 0) is 17.3 Å². The fourth-order valence-electron chi connectivity index (χ4n) is 1.69. The van der Waals surface area contributed by atoms with E-state index in [0.717, 1.165) is 30.9 Å². The van der Waals surface area contributed by atoms with Gasteiger partial charge in [0.1, 0.15) is 0 Å². The maximum absolute atomic E-state index is 11.2. The van der Waals surface area contributed by atoms with Crippen LogP contribution in [0, 0.1) is 0 Å². The van der Waals surface area contributed by atoms with Crippen LogP contribution >= 0.6 is 27.3 Å². The zero-order chi connectivity index (χ0) is 10.7. The minimum atomic E-state index is -0.550. The van der Waals surface area contributed by atoms with E-state index >= 15 is 0 Å². The highest BCUT2D eigenvalue weighted by atomic mass is 79.9. The van der Waals surface area contributed by atoms with Crippen molar-refractivity contribution in [1.29, 1.82) is 0 Å². The van der Waals surface area contributed by atoms with Gasteiger partial charge in [-0.3, -0.25) is 4.21 Å². The molecule has 1 fully saturated rings. The molecule has 0 unspecified atom stereocenters. The first-order valence-electron chi connectivity index (χ1n) is 5.06. The zero-order valence-electron chi connectivity index (χ0n) is 8.37. The molecule has 15 heavy (non-hydrogen) atoms. The number of hydrogen-bond donors (Lipinski definition) is 1. The predicted octanol–water partition coefficient (Wildman–Crippen LogP) is 2.51. The lowest BCUT2D eigenvalue weighted by atomic mass is 10.1. The third kappa shape index (κ3) is 3.66. The third-order valence-corrected chi connectivity index (χ3v) is 5.59. The van der Waals surface area contributed by atoms with Gasteiger partial charge in [-0.1, -0.05) is 0 Å². The molecule has 1 aromatic rings. The molecule has 0 spiro atoms. The van der Waals surface area contributed by atoms with Crippen molar-refractivity contribution in [3.63, 3.8) is 0 Å². The highest BCUT2D eigenvalue weighted by molar-refractivity contribution is 9.11. The SMILES string of the molecule is O=S1CCC(NCc2ccc(Br)s2)CC1. The van der Waals surface area contributed by atoms with Gasteiger partial charge < -0.3 is 5.32 Å². The molecule has 2 rings (SSSR count). The standard InChI is InChI=1S/C10H14BrNOS2/c11-10-2-1-9(14-10)7-12-8-3-5-15(13)6-4-8/h1-2,8,12H,3-7H2. The van der Waals surface area contributed by atoms with E-state index in [-0.39, 0.29) is 0 Å². The molecule has 0 aromatic carbocycles. The van der Waals surface area contributed by atoms with Crippen LogP contribution < -0.4 is 5.32 Å². The van der Waals surface area contributed by atoms with Crippen LogP contribution in [0.5, 0.6) is 0 Å². The Kier molecular flexibility index (Phi) is 4.37. The van der Waals surface area contributed by atoms with E-state index in [1.807, 2.05) is 0 Å². The largest absolute Gasteiger partial charge is 0.309 e. The Balaban J connectivity index is 1.76. The van der Waals surface area contributed by atoms with Crippen LogP contribution in [0.1, 0.15) is 17.7 Å². The van der Waals surface area contributed by atoms with E-state index < -0.39 is 10.8 Å². The fraction of sp³-hybridized carbons (Fsp3) is 0.600. The Hall–Kier alpha value is 0.290. The second kappa shape index (κ2) is 5.57. The lowest BCUT2D eigenvalue weighted by Crippen LogP contribution is -2.35. The fourth-order valence-corrected chi connectivity index (χ4v) is 4.42. The van der Waals surface area contributed by atoms with E-state index in [2.05, 4.69) is 33.4 Å². The lowest BCUT2D eigenvalue weighted by molar-refractivity contribution is 0.477. The Bertz CT molecular complexity index is 343. The first kappa shape index (κ1) is 11.8. The predicted molar refractivity (Wildman–Crippen MR) is 69.8 cm³/mol. The molecule has 5 heteroatoms. The minimum absolute atomic E-state index is 0.550. The molecule has 0 amide bonds. The number of thiophene rings is 1. The van der Waals surface area contributed by atoms with Crippen LogP contribution in [0.2, 0.25) is 0 Å². The Morgan fingerprint density at radius 1 is 1.47 bits per heavy atom. The summed E-state index contributed by atoms with van der Waals surface area (Å²) >= 11 is 5.23. The van der Waals surface area contributed by atoms with E-state index in [0.29, 0.717) is 6.04 Å². The molecule has 0 atom stereocenters. The molecule has 0 saturated carbocycles. The van der Waals surface area contributed by atoms with E-state index in [1.165, 1.54) is 8.66 Å². The van der Waals surface area contributed by atoms with Crippen LogP contribution in [0.4, 0.5) is 0 Å². The summed E-state index contributed by atoms with van der Waals surface area (Å²) in [5.74, 6) is 1.73. The molecule has 0 aliphatic carbocycles. The first-order valence-corrected chi connectivity index (χ1v) is 8.16. The summed E-state index contributed by atoms with van der Waals surface area (Å²) in [4.78, 5) is 1.36. The van der Waals surface area contributed by atoms with Gasteiger partial charge in [0, 0.05) is 39.8 Å². The van der Waals surface area contributed by atoms with Crippen LogP contribution in [-0.4, -0.2) is 21.8 Å². The van der Waals surface area contributed by atoms with Gasteiger partial charge in [-0.2, -0.15) is 0 Å². The van der Waals surface area contributed by atoms with Crippen molar-refractivity contribution in [3.05, 3.63) is 20.8 Å². The van der Waals surface area contributed by atoms with Gasteiger partial charge in [0.15, 0.2) is 0 Å². The monoisotopic (exact) mass is 307 g/mol.